The zero-order valence-electron chi connectivity index (χ0n) is 12.6. The molecule has 0 radical (unpaired) electrons. The van der Waals surface area contributed by atoms with Crippen LogP contribution < -0.4 is 5.32 Å². The van der Waals surface area contributed by atoms with Crippen molar-refractivity contribution >= 4 is 29.9 Å². The summed E-state index contributed by atoms with van der Waals surface area (Å²) in [6.45, 7) is 9.43. The fraction of sp³-hybridized carbons (Fsp3) is 0.929. The van der Waals surface area contributed by atoms with E-state index in [-0.39, 0.29) is 24.0 Å². The van der Waals surface area contributed by atoms with Crippen molar-refractivity contribution in [2.24, 2.45) is 10.4 Å². The van der Waals surface area contributed by atoms with Crippen LogP contribution in [0.4, 0.5) is 0 Å². The summed E-state index contributed by atoms with van der Waals surface area (Å²) in [5, 5.41) is 3.64. The molecule has 1 aliphatic carbocycles. The van der Waals surface area contributed by atoms with Crippen molar-refractivity contribution in [3.8, 4) is 0 Å². The van der Waals surface area contributed by atoms with Gasteiger partial charge in [-0.1, -0.05) is 13.8 Å². The van der Waals surface area contributed by atoms with Crippen molar-refractivity contribution in [2.45, 2.75) is 52.2 Å². The topological polar surface area (TPSA) is 36.9 Å². The van der Waals surface area contributed by atoms with Crippen LogP contribution in [0, 0.1) is 5.41 Å². The Morgan fingerprint density at radius 2 is 2.05 bits per heavy atom. The molecule has 2 atom stereocenters. The van der Waals surface area contributed by atoms with Gasteiger partial charge in [-0.2, -0.15) is 0 Å². The first kappa shape index (κ1) is 17.0. The highest BCUT2D eigenvalue weighted by atomic mass is 127. The molecule has 0 bridgehead atoms. The molecule has 1 heterocycles. The van der Waals surface area contributed by atoms with Crippen molar-refractivity contribution in [1.82, 2.24) is 10.2 Å². The lowest BCUT2D eigenvalue weighted by molar-refractivity contribution is -0.133. The highest BCUT2D eigenvalue weighted by Crippen LogP contribution is 2.48. The van der Waals surface area contributed by atoms with Crippen molar-refractivity contribution in [3.63, 3.8) is 0 Å². The number of halogens is 1. The minimum atomic E-state index is 0. The summed E-state index contributed by atoms with van der Waals surface area (Å²) in [7, 11) is 2.11. The van der Waals surface area contributed by atoms with Gasteiger partial charge in [0, 0.05) is 31.7 Å². The highest BCUT2D eigenvalue weighted by molar-refractivity contribution is 14.0. The van der Waals surface area contributed by atoms with Crippen molar-refractivity contribution < 1.29 is 4.74 Å². The van der Waals surface area contributed by atoms with Gasteiger partial charge in [-0.15, -0.1) is 24.0 Å². The van der Waals surface area contributed by atoms with E-state index in [0.717, 1.165) is 32.1 Å². The molecule has 0 saturated heterocycles. The molecule has 2 unspecified atom stereocenters. The van der Waals surface area contributed by atoms with Gasteiger partial charge in [0.05, 0.1) is 12.6 Å². The quantitative estimate of drug-likeness (QED) is 0.744. The second kappa shape index (κ2) is 7.11. The first-order valence-electron chi connectivity index (χ1n) is 7.31. The van der Waals surface area contributed by atoms with Crippen LogP contribution in [-0.4, -0.2) is 49.7 Å². The molecule has 1 fully saturated rings. The molecule has 19 heavy (non-hydrogen) atoms. The van der Waals surface area contributed by atoms with E-state index >= 15 is 0 Å². The lowest BCUT2D eigenvalue weighted by atomic mass is 9.58. The van der Waals surface area contributed by atoms with Gasteiger partial charge in [-0.05, 0) is 26.2 Å². The molecule has 0 aromatic rings. The molecule has 0 spiro atoms. The average Bonchev–Trinajstić information content (AvgIpc) is 2.75. The van der Waals surface area contributed by atoms with Crippen LogP contribution in [0.2, 0.25) is 0 Å². The predicted octanol–water partition coefficient (Wildman–Crippen LogP) is 2.48. The van der Waals surface area contributed by atoms with Gasteiger partial charge >= 0.3 is 0 Å². The normalized spacial score (nSPS) is 28.4. The largest absolute Gasteiger partial charge is 0.378 e. The molecule has 1 saturated carbocycles. The second-order valence-electron chi connectivity index (χ2n) is 5.44. The summed E-state index contributed by atoms with van der Waals surface area (Å²) in [6, 6.07) is 0.517. The number of hydrogen-bond acceptors (Lipinski definition) is 4. The molecule has 1 aliphatic heterocycles. The van der Waals surface area contributed by atoms with Crippen LogP contribution in [0.15, 0.2) is 4.99 Å². The molecule has 0 amide bonds. The number of aliphatic imine (C=N–C) groups is 1. The van der Waals surface area contributed by atoms with Crippen LogP contribution in [0.1, 0.15) is 40.0 Å². The van der Waals surface area contributed by atoms with E-state index in [4.69, 9.17) is 4.74 Å². The third-order valence-corrected chi connectivity index (χ3v) is 4.83. The Labute approximate surface area is 134 Å². The van der Waals surface area contributed by atoms with Gasteiger partial charge in [0.25, 0.3) is 0 Å². The molecule has 5 heteroatoms. The zero-order chi connectivity index (χ0) is 13.2. The molecule has 1 N–H and O–H groups in total. The summed E-state index contributed by atoms with van der Waals surface area (Å²) in [6.07, 6.45) is 3.87. The lowest BCUT2D eigenvalue weighted by Crippen LogP contribution is -2.65. The van der Waals surface area contributed by atoms with E-state index in [0.29, 0.717) is 17.6 Å². The molecule has 0 aromatic heterocycles. The monoisotopic (exact) mass is 381 g/mol. The fourth-order valence-corrected chi connectivity index (χ4v) is 3.43. The Morgan fingerprint density at radius 1 is 1.37 bits per heavy atom. The third kappa shape index (κ3) is 3.01. The molecular formula is C14H28IN3O. The number of hydrogen-bond donors (Lipinski definition) is 1. The summed E-state index contributed by atoms with van der Waals surface area (Å²) < 4.78 is 5.90. The second-order valence-corrected chi connectivity index (χ2v) is 5.44. The fourth-order valence-electron chi connectivity index (χ4n) is 3.43. The van der Waals surface area contributed by atoms with Gasteiger partial charge in [0.2, 0.25) is 0 Å². The van der Waals surface area contributed by atoms with Crippen LogP contribution >= 0.6 is 24.0 Å². The minimum Gasteiger partial charge on any atom is -0.378 e. The van der Waals surface area contributed by atoms with E-state index in [9.17, 15) is 0 Å². The smallest absolute Gasteiger partial charge is 0.194 e. The van der Waals surface area contributed by atoms with Crippen molar-refractivity contribution in [2.75, 3.05) is 26.7 Å². The number of nitrogens with zero attached hydrogens (tertiary/aromatic N) is 2. The minimum absolute atomic E-state index is 0. The highest BCUT2D eigenvalue weighted by Gasteiger charge is 2.53. The number of guanidine groups is 1. The Hall–Kier alpha value is -0.0400. The Bertz CT molecular complexity index is 318. The van der Waals surface area contributed by atoms with Crippen LogP contribution in [-0.2, 0) is 4.74 Å². The summed E-state index contributed by atoms with van der Waals surface area (Å²) in [5.41, 5.74) is 0.294. The number of likely N-dealkylation sites (N-methyl/N-ethyl adjacent to an activating group) is 1. The number of nitrogens with one attached hydrogen (secondary N) is 1. The van der Waals surface area contributed by atoms with E-state index < -0.39 is 0 Å². The molecular weight excluding hydrogens is 353 g/mol. The lowest BCUT2D eigenvalue weighted by Gasteiger charge is -2.55. The maximum atomic E-state index is 5.90. The van der Waals surface area contributed by atoms with Gasteiger partial charge < -0.3 is 15.0 Å². The molecule has 2 aliphatic rings. The first-order valence-corrected chi connectivity index (χ1v) is 7.31. The number of ether oxygens (including phenoxy) is 1. The summed E-state index contributed by atoms with van der Waals surface area (Å²) >= 11 is 0. The van der Waals surface area contributed by atoms with Crippen LogP contribution in [0.25, 0.3) is 0 Å². The van der Waals surface area contributed by atoms with Gasteiger partial charge in [-0.25, -0.2) is 0 Å². The standard InChI is InChI=1S/C14H27N3O.HI/c1-5-14(6-2)11(10-12(14)18-7-3)16-13-15-8-9-17(13)4;/h11-12H,5-10H2,1-4H3,(H,15,16);1H. The third-order valence-electron chi connectivity index (χ3n) is 4.83. The zero-order valence-corrected chi connectivity index (χ0v) is 14.9. The Morgan fingerprint density at radius 3 is 2.53 bits per heavy atom. The molecule has 2 rings (SSSR count). The average molecular weight is 381 g/mol. The van der Waals surface area contributed by atoms with Crippen LogP contribution in [0.3, 0.4) is 0 Å². The predicted molar refractivity (Wildman–Crippen MR) is 90.3 cm³/mol. The van der Waals surface area contributed by atoms with Gasteiger partial charge in [0.15, 0.2) is 5.96 Å². The summed E-state index contributed by atoms with van der Waals surface area (Å²) in [5.74, 6) is 1.07. The Kier molecular flexibility index (Phi) is 6.36. The molecule has 4 nitrogen and oxygen atoms in total. The van der Waals surface area contributed by atoms with E-state index in [1.54, 1.807) is 0 Å². The number of rotatable bonds is 5. The maximum Gasteiger partial charge on any atom is 0.194 e. The van der Waals surface area contributed by atoms with E-state index in [1.807, 2.05) is 0 Å². The van der Waals surface area contributed by atoms with Crippen molar-refractivity contribution in [3.05, 3.63) is 0 Å². The van der Waals surface area contributed by atoms with E-state index in [2.05, 4.69) is 43.0 Å². The van der Waals surface area contributed by atoms with Crippen molar-refractivity contribution in [1.29, 1.82) is 0 Å². The summed E-state index contributed by atoms with van der Waals surface area (Å²) in [4.78, 5) is 6.75. The van der Waals surface area contributed by atoms with Crippen LogP contribution in [0.5, 0.6) is 0 Å². The maximum absolute atomic E-state index is 5.90. The van der Waals surface area contributed by atoms with Gasteiger partial charge in [-0.3, -0.25) is 4.99 Å². The molecule has 0 aromatic carbocycles. The Balaban J connectivity index is 0.00000180. The van der Waals surface area contributed by atoms with Gasteiger partial charge in [0.1, 0.15) is 0 Å². The molecule has 112 valence electrons. The first-order chi connectivity index (χ1) is 8.67. The van der Waals surface area contributed by atoms with E-state index in [1.165, 1.54) is 12.8 Å². The SMILES string of the molecule is CCOC1CC(NC2=NCCN2C)C1(CC)CC.I.